The molecule has 104 valence electrons. The molecule has 0 aliphatic carbocycles. The summed E-state index contributed by atoms with van der Waals surface area (Å²) < 4.78 is 0. The van der Waals surface area contributed by atoms with Crippen LogP contribution in [0.15, 0.2) is 5.16 Å². The zero-order valence-corrected chi connectivity index (χ0v) is 11.3. The maximum absolute atomic E-state index is 11.0. The number of ketones is 1. The van der Waals surface area contributed by atoms with E-state index in [0.29, 0.717) is 6.42 Å². The van der Waals surface area contributed by atoms with Crippen molar-refractivity contribution in [3.05, 3.63) is 0 Å². The van der Waals surface area contributed by atoms with Crippen molar-refractivity contribution in [2.24, 2.45) is 5.16 Å². The van der Waals surface area contributed by atoms with Crippen LogP contribution in [-0.2, 0) is 4.79 Å². The Labute approximate surface area is 110 Å². The van der Waals surface area contributed by atoms with E-state index < -0.39 is 0 Å². The van der Waals surface area contributed by atoms with Crippen LogP contribution in [-0.4, -0.2) is 41.7 Å². The van der Waals surface area contributed by atoms with Crippen molar-refractivity contribution in [1.82, 2.24) is 4.90 Å². The fourth-order valence-corrected chi connectivity index (χ4v) is 2.48. The third-order valence-electron chi connectivity index (χ3n) is 3.55. The van der Waals surface area contributed by atoms with Gasteiger partial charge in [-0.2, -0.15) is 0 Å². The molecule has 1 rings (SSSR count). The molecule has 1 fully saturated rings. The highest BCUT2D eigenvalue weighted by Gasteiger charge is 2.07. The van der Waals surface area contributed by atoms with Gasteiger partial charge in [0, 0.05) is 6.42 Å². The lowest BCUT2D eigenvalue weighted by Crippen LogP contribution is -2.25. The molecule has 0 unspecified atom stereocenters. The highest BCUT2D eigenvalue weighted by molar-refractivity contribution is 6.27. The van der Waals surface area contributed by atoms with Crippen molar-refractivity contribution in [2.75, 3.05) is 19.6 Å². The topological polar surface area (TPSA) is 52.9 Å². The first-order chi connectivity index (χ1) is 8.83. The molecule has 0 aromatic carbocycles. The average molecular weight is 254 g/mol. The number of rotatable bonds is 8. The number of carbonyl (C=O) groups excluding carboxylic acids is 1. The second-order valence-corrected chi connectivity index (χ2v) is 5.13. The molecule has 18 heavy (non-hydrogen) atoms. The van der Waals surface area contributed by atoms with Crippen LogP contribution in [0.4, 0.5) is 0 Å². The SMILES string of the molecule is O=C(C=NO)CCCCCCN1CCCCCC1. The van der Waals surface area contributed by atoms with Gasteiger partial charge in [0.15, 0.2) is 5.78 Å². The zero-order chi connectivity index (χ0) is 13.1. The highest BCUT2D eigenvalue weighted by atomic mass is 16.4. The van der Waals surface area contributed by atoms with Gasteiger partial charge in [0.2, 0.25) is 0 Å². The molecular formula is C14H26N2O2. The summed E-state index contributed by atoms with van der Waals surface area (Å²) in [5.74, 6) is -0.0787. The van der Waals surface area contributed by atoms with Crippen LogP contribution in [0.3, 0.4) is 0 Å². The van der Waals surface area contributed by atoms with Crippen molar-refractivity contribution in [3.8, 4) is 0 Å². The number of hydrogen-bond acceptors (Lipinski definition) is 4. The van der Waals surface area contributed by atoms with E-state index in [4.69, 9.17) is 5.21 Å². The summed E-state index contributed by atoms with van der Waals surface area (Å²) in [4.78, 5) is 13.6. The Morgan fingerprint density at radius 3 is 2.39 bits per heavy atom. The molecule has 4 heteroatoms. The van der Waals surface area contributed by atoms with Crippen molar-refractivity contribution in [3.63, 3.8) is 0 Å². The first kappa shape index (κ1) is 15.2. The van der Waals surface area contributed by atoms with Crippen LogP contribution in [0.5, 0.6) is 0 Å². The second-order valence-electron chi connectivity index (χ2n) is 5.13. The Morgan fingerprint density at radius 2 is 1.72 bits per heavy atom. The van der Waals surface area contributed by atoms with Crippen LogP contribution < -0.4 is 0 Å². The van der Waals surface area contributed by atoms with Gasteiger partial charge < -0.3 is 10.1 Å². The smallest absolute Gasteiger partial charge is 0.177 e. The molecule has 0 spiro atoms. The highest BCUT2D eigenvalue weighted by Crippen LogP contribution is 2.11. The van der Waals surface area contributed by atoms with Gasteiger partial charge in [-0.15, -0.1) is 0 Å². The Kier molecular flexibility index (Phi) is 8.47. The van der Waals surface area contributed by atoms with Crippen molar-refractivity contribution < 1.29 is 10.0 Å². The summed E-state index contributed by atoms with van der Waals surface area (Å²) >= 11 is 0. The second kappa shape index (κ2) is 10.1. The summed E-state index contributed by atoms with van der Waals surface area (Å²) in [6.45, 7) is 3.75. The molecule has 1 aliphatic rings. The molecule has 0 amide bonds. The lowest BCUT2D eigenvalue weighted by Gasteiger charge is -2.19. The van der Waals surface area contributed by atoms with Crippen molar-refractivity contribution >= 4 is 12.0 Å². The van der Waals surface area contributed by atoms with Gasteiger partial charge in [0.05, 0.1) is 0 Å². The predicted molar refractivity (Wildman–Crippen MR) is 73.3 cm³/mol. The van der Waals surface area contributed by atoms with Gasteiger partial charge in [-0.1, -0.05) is 30.8 Å². The number of likely N-dealkylation sites (tertiary alicyclic amines) is 1. The van der Waals surface area contributed by atoms with Crippen LogP contribution in [0, 0.1) is 0 Å². The number of carbonyl (C=O) groups is 1. The van der Waals surface area contributed by atoms with Gasteiger partial charge in [0.1, 0.15) is 6.21 Å². The molecule has 1 N–H and O–H groups in total. The quantitative estimate of drug-likeness (QED) is 0.313. The largest absolute Gasteiger partial charge is 0.411 e. The van der Waals surface area contributed by atoms with Crippen LogP contribution in [0.25, 0.3) is 0 Å². The summed E-state index contributed by atoms with van der Waals surface area (Å²) in [6, 6.07) is 0. The van der Waals surface area contributed by atoms with E-state index in [0.717, 1.165) is 19.1 Å². The number of Topliss-reactive ketones (excluding diaryl/α,β-unsaturated/α-hetero) is 1. The summed E-state index contributed by atoms with van der Waals surface area (Å²) in [5.41, 5.74) is 0. The molecule has 1 saturated heterocycles. The Hall–Kier alpha value is -0.900. The molecule has 0 saturated carbocycles. The fourth-order valence-electron chi connectivity index (χ4n) is 2.48. The Bertz CT molecular complexity index is 246. The molecule has 0 aromatic heterocycles. The first-order valence-corrected chi connectivity index (χ1v) is 7.25. The third-order valence-corrected chi connectivity index (χ3v) is 3.55. The Morgan fingerprint density at radius 1 is 1.06 bits per heavy atom. The van der Waals surface area contributed by atoms with Gasteiger partial charge in [-0.05, 0) is 45.3 Å². The molecule has 0 radical (unpaired) electrons. The van der Waals surface area contributed by atoms with E-state index in [9.17, 15) is 4.79 Å². The van der Waals surface area contributed by atoms with E-state index in [1.54, 1.807) is 0 Å². The van der Waals surface area contributed by atoms with E-state index in [1.165, 1.54) is 58.2 Å². The summed E-state index contributed by atoms with van der Waals surface area (Å²) in [5, 5.41) is 10.9. The van der Waals surface area contributed by atoms with Gasteiger partial charge in [-0.25, -0.2) is 0 Å². The van der Waals surface area contributed by atoms with Crippen LogP contribution >= 0.6 is 0 Å². The molecule has 1 heterocycles. The van der Waals surface area contributed by atoms with Gasteiger partial charge >= 0.3 is 0 Å². The number of hydrogen-bond donors (Lipinski definition) is 1. The molecule has 1 aliphatic heterocycles. The average Bonchev–Trinajstić information content (AvgIpc) is 2.62. The molecule has 0 bridgehead atoms. The van der Waals surface area contributed by atoms with E-state index in [-0.39, 0.29) is 5.78 Å². The Balaban J connectivity index is 1.93. The van der Waals surface area contributed by atoms with E-state index >= 15 is 0 Å². The van der Waals surface area contributed by atoms with E-state index in [1.807, 2.05) is 0 Å². The predicted octanol–water partition coefficient (Wildman–Crippen LogP) is 2.84. The van der Waals surface area contributed by atoms with Gasteiger partial charge in [0.25, 0.3) is 0 Å². The summed E-state index contributed by atoms with van der Waals surface area (Å²) in [7, 11) is 0. The zero-order valence-electron chi connectivity index (χ0n) is 11.3. The molecule has 0 atom stereocenters. The summed E-state index contributed by atoms with van der Waals surface area (Å²) in [6.07, 6.45) is 11.4. The third kappa shape index (κ3) is 7.43. The fraction of sp³-hybridized carbons (Fsp3) is 0.857. The minimum Gasteiger partial charge on any atom is -0.411 e. The maximum Gasteiger partial charge on any atom is 0.177 e. The molecular weight excluding hydrogens is 228 g/mol. The van der Waals surface area contributed by atoms with Crippen molar-refractivity contribution in [1.29, 1.82) is 0 Å². The van der Waals surface area contributed by atoms with E-state index in [2.05, 4.69) is 10.1 Å². The minimum atomic E-state index is -0.0787. The number of unbranched alkanes of at least 4 members (excludes halogenated alkanes) is 3. The molecule has 0 aromatic rings. The minimum absolute atomic E-state index is 0.0787. The lowest BCUT2D eigenvalue weighted by atomic mass is 10.1. The molecule has 4 nitrogen and oxygen atoms in total. The van der Waals surface area contributed by atoms with Gasteiger partial charge in [-0.3, -0.25) is 4.79 Å². The first-order valence-electron chi connectivity index (χ1n) is 7.25. The maximum atomic E-state index is 11.0. The number of nitrogens with zero attached hydrogens (tertiary/aromatic N) is 2. The van der Waals surface area contributed by atoms with Crippen LogP contribution in [0.1, 0.15) is 57.8 Å². The lowest BCUT2D eigenvalue weighted by molar-refractivity contribution is -0.112. The normalized spacial score (nSPS) is 18.0. The number of oxime groups is 1. The van der Waals surface area contributed by atoms with Crippen LogP contribution in [0.2, 0.25) is 0 Å². The monoisotopic (exact) mass is 254 g/mol. The van der Waals surface area contributed by atoms with Crippen molar-refractivity contribution in [2.45, 2.75) is 57.8 Å². The standard InChI is InChI=1S/C14H26N2O2/c17-14(13-15-18)9-5-1-2-6-10-16-11-7-3-4-8-12-16/h13,18H,1-12H2.